The summed E-state index contributed by atoms with van der Waals surface area (Å²) in [6, 6.07) is 5.93. The number of carbonyl (C=O) groups is 2. The topological polar surface area (TPSA) is 85.6 Å². The molecule has 24 heavy (non-hydrogen) atoms. The molecule has 8 heteroatoms. The number of hydrogen-bond acceptors (Lipinski definition) is 5. The molecular weight excluding hydrogens is 357 g/mol. The second-order valence-corrected chi connectivity index (χ2v) is 5.72. The molecule has 0 aliphatic heterocycles. The van der Waals surface area contributed by atoms with E-state index in [0.717, 1.165) is 0 Å². The number of rotatable bonds is 4. The van der Waals surface area contributed by atoms with Crippen molar-refractivity contribution in [2.75, 3.05) is 11.9 Å². The van der Waals surface area contributed by atoms with Crippen LogP contribution in [-0.4, -0.2) is 18.5 Å². The minimum atomic E-state index is -0.769. The Morgan fingerprint density at radius 2 is 1.83 bits per heavy atom. The number of esters is 1. The van der Waals surface area contributed by atoms with Crippen molar-refractivity contribution < 1.29 is 18.7 Å². The maximum absolute atomic E-state index is 12.1. The lowest BCUT2D eigenvalue weighted by Gasteiger charge is -2.10. The van der Waals surface area contributed by atoms with E-state index in [1.807, 2.05) is 0 Å². The zero-order valence-electron chi connectivity index (χ0n) is 12.8. The molecule has 0 fully saturated rings. The van der Waals surface area contributed by atoms with E-state index in [1.165, 1.54) is 13.0 Å². The van der Waals surface area contributed by atoms with E-state index in [4.69, 9.17) is 32.4 Å². The average molecular weight is 370 g/mol. The van der Waals surface area contributed by atoms with Crippen LogP contribution in [0.5, 0.6) is 0 Å². The van der Waals surface area contributed by atoms with Crippen molar-refractivity contribution in [3.63, 3.8) is 0 Å². The predicted octanol–water partition coefficient (Wildman–Crippen LogP) is 3.36. The van der Waals surface area contributed by atoms with Gasteiger partial charge < -0.3 is 14.5 Å². The fraction of sp³-hybridized carbons (Fsp3) is 0.188. The van der Waals surface area contributed by atoms with Crippen molar-refractivity contribution in [3.05, 3.63) is 61.6 Å². The van der Waals surface area contributed by atoms with E-state index in [2.05, 4.69) is 5.32 Å². The van der Waals surface area contributed by atoms with Crippen LogP contribution in [-0.2, 0) is 9.53 Å². The Labute approximate surface area is 147 Å². The van der Waals surface area contributed by atoms with Crippen LogP contribution < -0.4 is 10.9 Å². The van der Waals surface area contributed by atoms with Crippen LogP contribution in [0.2, 0.25) is 10.0 Å². The number of ether oxygens (including phenoxy) is 1. The molecule has 0 spiro atoms. The zero-order valence-corrected chi connectivity index (χ0v) is 14.3. The van der Waals surface area contributed by atoms with Crippen LogP contribution in [0, 0.1) is 13.8 Å². The van der Waals surface area contributed by atoms with Crippen LogP contribution in [0.15, 0.2) is 33.5 Å². The highest BCUT2D eigenvalue weighted by Crippen LogP contribution is 2.29. The molecular formula is C16H13Cl2NO5. The second-order valence-electron chi connectivity index (χ2n) is 4.90. The summed E-state index contributed by atoms with van der Waals surface area (Å²) in [7, 11) is 0. The van der Waals surface area contributed by atoms with Gasteiger partial charge in [-0.1, -0.05) is 29.3 Å². The lowest BCUT2D eigenvalue weighted by Crippen LogP contribution is -2.22. The standard InChI is InChI=1S/C16H13Cl2NO5/c1-8-6-13(21)24-9(2)14(8)16(22)23-7-12(20)19-15-10(17)4-3-5-11(15)18/h3-6H,7H2,1-2H3,(H,19,20). The fourth-order valence-electron chi connectivity index (χ4n) is 2.06. The largest absolute Gasteiger partial charge is 0.452 e. The molecule has 6 nitrogen and oxygen atoms in total. The molecule has 2 aromatic rings. The fourth-order valence-corrected chi connectivity index (χ4v) is 2.55. The van der Waals surface area contributed by atoms with Crippen molar-refractivity contribution >= 4 is 40.8 Å². The Morgan fingerprint density at radius 1 is 1.21 bits per heavy atom. The van der Waals surface area contributed by atoms with Gasteiger partial charge in [0, 0.05) is 6.07 Å². The first-order chi connectivity index (χ1) is 11.3. The van der Waals surface area contributed by atoms with E-state index >= 15 is 0 Å². The summed E-state index contributed by atoms with van der Waals surface area (Å²) in [5, 5.41) is 3.00. The van der Waals surface area contributed by atoms with Crippen molar-refractivity contribution in [1.29, 1.82) is 0 Å². The smallest absolute Gasteiger partial charge is 0.342 e. The van der Waals surface area contributed by atoms with Crippen molar-refractivity contribution in [2.45, 2.75) is 13.8 Å². The lowest BCUT2D eigenvalue weighted by molar-refractivity contribution is -0.119. The second kappa shape index (κ2) is 7.51. The van der Waals surface area contributed by atoms with Gasteiger partial charge in [-0.3, -0.25) is 4.79 Å². The number of amides is 1. The number of anilines is 1. The van der Waals surface area contributed by atoms with E-state index < -0.39 is 24.1 Å². The molecule has 0 unspecified atom stereocenters. The maximum Gasteiger partial charge on any atom is 0.342 e. The molecule has 126 valence electrons. The summed E-state index contributed by atoms with van der Waals surface area (Å²) >= 11 is 11.9. The summed E-state index contributed by atoms with van der Waals surface area (Å²) in [5.74, 6) is -1.25. The van der Waals surface area contributed by atoms with E-state index in [9.17, 15) is 14.4 Å². The number of para-hydroxylation sites is 1. The van der Waals surface area contributed by atoms with E-state index in [1.54, 1.807) is 25.1 Å². The van der Waals surface area contributed by atoms with Gasteiger partial charge >= 0.3 is 11.6 Å². The van der Waals surface area contributed by atoms with Crippen molar-refractivity contribution in [3.8, 4) is 0 Å². The Bertz CT molecular complexity index is 814. The van der Waals surface area contributed by atoms with Gasteiger partial charge in [0.25, 0.3) is 5.91 Å². The zero-order chi connectivity index (χ0) is 17.9. The first-order valence-electron chi connectivity index (χ1n) is 6.82. The van der Waals surface area contributed by atoms with Gasteiger partial charge in [-0.15, -0.1) is 0 Å². The van der Waals surface area contributed by atoms with Crippen molar-refractivity contribution in [1.82, 2.24) is 0 Å². The molecule has 1 aromatic carbocycles. The quantitative estimate of drug-likeness (QED) is 0.835. The molecule has 0 atom stereocenters. The van der Waals surface area contributed by atoms with Gasteiger partial charge in [-0.05, 0) is 31.5 Å². The van der Waals surface area contributed by atoms with E-state index in [0.29, 0.717) is 5.56 Å². The molecule has 1 amide bonds. The van der Waals surface area contributed by atoms with Crippen molar-refractivity contribution in [2.24, 2.45) is 0 Å². The SMILES string of the molecule is Cc1cc(=O)oc(C)c1C(=O)OCC(=O)Nc1c(Cl)cccc1Cl. The third-order valence-corrected chi connectivity index (χ3v) is 3.73. The molecule has 0 bridgehead atoms. The number of hydrogen-bond donors (Lipinski definition) is 1. The minimum Gasteiger partial charge on any atom is -0.452 e. The Balaban J connectivity index is 2.05. The molecule has 0 aliphatic carbocycles. The first kappa shape index (κ1) is 18.0. The van der Waals surface area contributed by atoms with E-state index in [-0.39, 0.29) is 27.1 Å². The molecule has 2 rings (SSSR count). The molecule has 0 saturated carbocycles. The van der Waals surface area contributed by atoms with Gasteiger partial charge in [0.2, 0.25) is 0 Å². The summed E-state index contributed by atoms with van der Waals surface area (Å²) in [5.41, 5.74) is 0.189. The predicted molar refractivity (Wildman–Crippen MR) is 89.8 cm³/mol. The summed E-state index contributed by atoms with van der Waals surface area (Å²) in [6.07, 6.45) is 0. The Hall–Kier alpha value is -2.31. The molecule has 0 radical (unpaired) electrons. The molecule has 1 aromatic heterocycles. The number of benzene rings is 1. The third-order valence-electron chi connectivity index (χ3n) is 3.10. The maximum atomic E-state index is 12.1. The number of nitrogens with one attached hydrogen (secondary N) is 1. The highest BCUT2D eigenvalue weighted by atomic mass is 35.5. The van der Waals surface area contributed by atoms with Gasteiger partial charge in [-0.2, -0.15) is 0 Å². The van der Waals surface area contributed by atoms with Crippen LogP contribution >= 0.6 is 23.2 Å². The normalized spacial score (nSPS) is 10.3. The van der Waals surface area contributed by atoms with Gasteiger partial charge in [-0.25, -0.2) is 9.59 Å². The summed E-state index contributed by atoms with van der Waals surface area (Å²) in [6.45, 7) is 2.50. The highest BCUT2D eigenvalue weighted by molar-refractivity contribution is 6.39. The van der Waals surface area contributed by atoms with Crippen LogP contribution in [0.25, 0.3) is 0 Å². The highest BCUT2D eigenvalue weighted by Gasteiger charge is 2.18. The first-order valence-corrected chi connectivity index (χ1v) is 7.57. The van der Waals surface area contributed by atoms with Crippen LogP contribution in [0.1, 0.15) is 21.7 Å². The monoisotopic (exact) mass is 369 g/mol. The van der Waals surface area contributed by atoms with Crippen LogP contribution in [0.4, 0.5) is 5.69 Å². The Morgan fingerprint density at radius 3 is 2.42 bits per heavy atom. The number of halogens is 2. The summed E-state index contributed by atoms with van der Waals surface area (Å²) < 4.78 is 9.80. The third kappa shape index (κ3) is 4.15. The molecule has 0 aliphatic rings. The van der Waals surface area contributed by atoms with Gasteiger partial charge in [0.15, 0.2) is 6.61 Å². The molecule has 1 N–H and O–H groups in total. The van der Waals surface area contributed by atoms with Gasteiger partial charge in [0.1, 0.15) is 11.3 Å². The molecule has 1 heterocycles. The Kier molecular flexibility index (Phi) is 5.64. The van der Waals surface area contributed by atoms with Gasteiger partial charge in [0.05, 0.1) is 15.7 Å². The number of carbonyl (C=O) groups excluding carboxylic acids is 2. The number of aryl methyl sites for hydroxylation is 2. The summed E-state index contributed by atoms with van der Waals surface area (Å²) in [4.78, 5) is 35.2. The minimum absolute atomic E-state index is 0.109. The average Bonchev–Trinajstić information content (AvgIpc) is 2.48. The molecule has 0 saturated heterocycles. The van der Waals surface area contributed by atoms with Crippen LogP contribution in [0.3, 0.4) is 0 Å². The lowest BCUT2D eigenvalue weighted by atomic mass is 10.1.